The third kappa shape index (κ3) is 2.95. The Morgan fingerprint density at radius 3 is 2.94 bits per heavy atom. The lowest BCUT2D eigenvalue weighted by atomic mass is 10.4. The van der Waals surface area contributed by atoms with Gasteiger partial charge in [0.25, 0.3) is 5.91 Å². The highest BCUT2D eigenvalue weighted by molar-refractivity contribution is 9.10. The number of halogens is 1. The number of carbonyl (C=O) groups is 1. The number of rotatable bonds is 3. The summed E-state index contributed by atoms with van der Waals surface area (Å²) in [5.41, 5.74) is 0.630. The number of carbonyl (C=O) groups excluding carboxylic acids is 1. The number of amides is 1. The molecule has 2 heterocycles. The highest BCUT2D eigenvalue weighted by Crippen LogP contribution is 2.14. The summed E-state index contributed by atoms with van der Waals surface area (Å²) >= 11 is 4.93. The summed E-state index contributed by atoms with van der Waals surface area (Å²) < 4.78 is 2.68. The summed E-state index contributed by atoms with van der Waals surface area (Å²) in [6.45, 7) is 2.47. The number of hydrogen-bond donors (Lipinski definition) is 1. The number of aromatic nitrogens is 2. The minimum atomic E-state index is -0.0916. The van der Waals surface area contributed by atoms with Crippen LogP contribution in [0.25, 0.3) is 0 Å². The molecule has 2 aromatic rings. The molecule has 0 aromatic carbocycles. The maximum atomic E-state index is 11.9. The van der Waals surface area contributed by atoms with Gasteiger partial charge in [0.2, 0.25) is 0 Å². The highest BCUT2D eigenvalue weighted by Gasteiger charge is 2.11. The predicted molar refractivity (Wildman–Crippen MR) is 71.1 cm³/mol. The molecule has 2 rings (SSSR count). The molecule has 2 aromatic heterocycles. The van der Waals surface area contributed by atoms with Gasteiger partial charge in [0.1, 0.15) is 10.7 Å². The second-order valence-electron chi connectivity index (χ2n) is 3.70. The van der Waals surface area contributed by atoms with Gasteiger partial charge >= 0.3 is 0 Å². The Bertz CT molecular complexity index is 547. The first-order chi connectivity index (χ1) is 8.06. The summed E-state index contributed by atoms with van der Waals surface area (Å²) in [5.74, 6) is -0.0916. The Hall–Kier alpha value is -1.14. The molecule has 0 aliphatic rings. The van der Waals surface area contributed by atoms with Crippen LogP contribution in [0.3, 0.4) is 0 Å². The lowest BCUT2D eigenvalue weighted by molar-refractivity contribution is 0.0943. The van der Waals surface area contributed by atoms with Crippen molar-refractivity contribution in [3.05, 3.63) is 38.5 Å². The van der Waals surface area contributed by atoms with Crippen molar-refractivity contribution in [3.63, 3.8) is 0 Å². The van der Waals surface area contributed by atoms with E-state index in [1.54, 1.807) is 22.0 Å². The smallest absolute Gasteiger partial charge is 0.268 e. The fourth-order valence-electron chi connectivity index (χ4n) is 1.48. The molecule has 6 heteroatoms. The van der Waals surface area contributed by atoms with Crippen LogP contribution in [0.2, 0.25) is 0 Å². The fourth-order valence-corrected chi connectivity index (χ4v) is 2.73. The quantitative estimate of drug-likeness (QED) is 0.946. The Morgan fingerprint density at radius 2 is 2.41 bits per heavy atom. The number of nitrogens with one attached hydrogen (secondary N) is 1. The van der Waals surface area contributed by atoms with Crippen LogP contribution in [-0.4, -0.2) is 15.5 Å². The van der Waals surface area contributed by atoms with Gasteiger partial charge in [-0.15, -0.1) is 11.3 Å². The van der Waals surface area contributed by atoms with Crippen molar-refractivity contribution in [2.24, 2.45) is 7.05 Å². The molecule has 90 valence electrons. The molecule has 0 aliphatic carbocycles. The molecule has 0 spiro atoms. The predicted octanol–water partition coefficient (Wildman–Crippen LogP) is 2.48. The summed E-state index contributed by atoms with van der Waals surface area (Å²) in [6.07, 6.45) is 3.66. The first kappa shape index (κ1) is 12.3. The summed E-state index contributed by atoms with van der Waals surface area (Å²) in [5, 5.41) is 3.77. The standard InChI is InChI=1S/C11H12BrN3OS/c1-7-4-13-10(17-7)5-14-11(16)9-3-8(12)6-15(9)2/h3-4,6H,5H2,1-2H3,(H,14,16). The zero-order valence-electron chi connectivity index (χ0n) is 9.53. The van der Waals surface area contributed by atoms with Crippen molar-refractivity contribution < 1.29 is 4.79 Å². The number of hydrogen-bond acceptors (Lipinski definition) is 3. The molecule has 0 bridgehead atoms. The van der Waals surface area contributed by atoms with Crippen LogP contribution in [0.4, 0.5) is 0 Å². The molecule has 4 nitrogen and oxygen atoms in total. The van der Waals surface area contributed by atoms with Crippen molar-refractivity contribution in [2.75, 3.05) is 0 Å². The van der Waals surface area contributed by atoms with Crippen LogP contribution in [0.1, 0.15) is 20.4 Å². The molecule has 0 aliphatic heterocycles. The lowest BCUT2D eigenvalue weighted by Gasteiger charge is -2.03. The van der Waals surface area contributed by atoms with E-state index in [1.165, 1.54) is 0 Å². The third-order valence-electron chi connectivity index (χ3n) is 2.27. The summed E-state index contributed by atoms with van der Waals surface area (Å²) in [7, 11) is 1.84. The second-order valence-corrected chi connectivity index (χ2v) is 5.94. The number of nitrogens with zero attached hydrogens (tertiary/aromatic N) is 2. The van der Waals surface area contributed by atoms with Crippen LogP contribution in [0, 0.1) is 6.92 Å². The average Bonchev–Trinajstić information content (AvgIpc) is 2.81. The van der Waals surface area contributed by atoms with E-state index in [-0.39, 0.29) is 5.91 Å². The third-order valence-corrected chi connectivity index (χ3v) is 3.62. The van der Waals surface area contributed by atoms with Gasteiger partial charge in [-0.1, -0.05) is 0 Å². The van der Waals surface area contributed by atoms with Gasteiger partial charge in [0, 0.05) is 28.8 Å². The number of aryl methyl sites for hydroxylation is 2. The second kappa shape index (κ2) is 5.01. The summed E-state index contributed by atoms with van der Waals surface area (Å²) in [4.78, 5) is 17.2. The molecule has 0 fully saturated rings. The van der Waals surface area contributed by atoms with Gasteiger partial charge in [-0.2, -0.15) is 0 Å². The van der Waals surface area contributed by atoms with Crippen LogP contribution in [0.5, 0.6) is 0 Å². The topological polar surface area (TPSA) is 46.9 Å². The van der Waals surface area contributed by atoms with Gasteiger partial charge in [-0.25, -0.2) is 4.98 Å². The van der Waals surface area contributed by atoms with Gasteiger partial charge < -0.3 is 9.88 Å². The van der Waals surface area contributed by atoms with Crippen LogP contribution >= 0.6 is 27.3 Å². The van der Waals surface area contributed by atoms with Crippen molar-refractivity contribution >= 4 is 33.2 Å². The monoisotopic (exact) mass is 313 g/mol. The maximum absolute atomic E-state index is 11.9. The minimum absolute atomic E-state index is 0.0916. The zero-order chi connectivity index (χ0) is 12.4. The first-order valence-corrected chi connectivity index (χ1v) is 6.68. The van der Waals surface area contributed by atoms with E-state index in [2.05, 4.69) is 26.2 Å². The van der Waals surface area contributed by atoms with Gasteiger partial charge in [0.15, 0.2) is 0 Å². The Morgan fingerprint density at radius 1 is 1.65 bits per heavy atom. The largest absolute Gasteiger partial charge is 0.345 e. The first-order valence-electron chi connectivity index (χ1n) is 5.07. The molecule has 0 unspecified atom stereocenters. The molecule has 0 radical (unpaired) electrons. The highest BCUT2D eigenvalue weighted by atomic mass is 79.9. The molecular weight excluding hydrogens is 302 g/mol. The van der Waals surface area contributed by atoms with Gasteiger partial charge in [-0.05, 0) is 28.9 Å². The Kier molecular flexibility index (Phi) is 3.63. The minimum Gasteiger partial charge on any atom is -0.345 e. The van der Waals surface area contributed by atoms with E-state index < -0.39 is 0 Å². The molecule has 17 heavy (non-hydrogen) atoms. The van der Waals surface area contributed by atoms with Gasteiger partial charge in [-0.3, -0.25) is 4.79 Å². The van der Waals surface area contributed by atoms with E-state index in [0.717, 1.165) is 14.4 Å². The Balaban J connectivity index is 2.00. The van der Waals surface area contributed by atoms with Crippen molar-refractivity contribution in [1.29, 1.82) is 0 Å². The SMILES string of the molecule is Cc1cnc(CNC(=O)c2cc(Br)cn2C)s1. The lowest BCUT2D eigenvalue weighted by Crippen LogP contribution is -2.24. The maximum Gasteiger partial charge on any atom is 0.268 e. The van der Waals surface area contributed by atoms with Crippen molar-refractivity contribution in [1.82, 2.24) is 14.9 Å². The van der Waals surface area contributed by atoms with E-state index in [1.807, 2.05) is 26.4 Å². The van der Waals surface area contributed by atoms with E-state index in [4.69, 9.17) is 0 Å². The Labute approximate surface area is 112 Å². The average molecular weight is 314 g/mol. The molecule has 0 saturated heterocycles. The molecule has 0 saturated carbocycles. The van der Waals surface area contributed by atoms with Crippen LogP contribution < -0.4 is 5.32 Å². The van der Waals surface area contributed by atoms with Crippen molar-refractivity contribution in [3.8, 4) is 0 Å². The molecular formula is C11H12BrN3OS. The van der Waals surface area contributed by atoms with E-state index in [0.29, 0.717) is 12.2 Å². The normalized spacial score (nSPS) is 10.5. The van der Waals surface area contributed by atoms with E-state index >= 15 is 0 Å². The van der Waals surface area contributed by atoms with Crippen LogP contribution in [0.15, 0.2) is 22.9 Å². The van der Waals surface area contributed by atoms with Gasteiger partial charge in [0.05, 0.1) is 6.54 Å². The number of thiazole rings is 1. The molecule has 1 N–H and O–H groups in total. The van der Waals surface area contributed by atoms with E-state index in [9.17, 15) is 4.79 Å². The summed E-state index contributed by atoms with van der Waals surface area (Å²) in [6, 6.07) is 1.79. The fraction of sp³-hybridized carbons (Fsp3) is 0.273. The van der Waals surface area contributed by atoms with Crippen molar-refractivity contribution in [2.45, 2.75) is 13.5 Å². The zero-order valence-corrected chi connectivity index (χ0v) is 11.9. The molecule has 1 amide bonds. The van der Waals surface area contributed by atoms with Crippen LogP contribution in [-0.2, 0) is 13.6 Å². The molecule has 0 atom stereocenters.